The molecule has 17 heavy (non-hydrogen) atoms. The van der Waals surface area contributed by atoms with Crippen LogP contribution in [0.4, 0.5) is 0 Å². The molecule has 0 aromatic heterocycles. The summed E-state index contributed by atoms with van der Waals surface area (Å²) in [4.78, 5) is 11.2. The molecule has 0 aliphatic heterocycles. The van der Waals surface area contributed by atoms with Gasteiger partial charge < -0.3 is 10.1 Å². The fraction of sp³-hybridized carbons (Fsp3) is 0.889. The summed E-state index contributed by atoms with van der Waals surface area (Å²) in [6, 6.07) is -0.163. The highest BCUT2D eigenvalue weighted by molar-refractivity contribution is 7.87. The van der Waals surface area contributed by atoms with Crippen molar-refractivity contribution >= 4 is 16.1 Å². The Balaban J connectivity index is 4.06. The first-order valence-electron chi connectivity index (χ1n) is 5.29. The first-order chi connectivity index (χ1) is 7.81. The molecule has 0 aromatic rings. The summed E-state index contributed by atoms with van der Waals surface area (Å²) in [5, 5.41) is 2.51. The van der Waals surface area contributed by atoms with Gasteiger partial charge in [0.15, 0.2) is 0 Å². The fourth-order valence-corrected chi connectivity index (χ4v) is 1.96. The Hall–Kier alpha value is -0.700. The van der Waals surface area contributed by atoms with Gasteiger partial charge in [0.2, 0.25) is 5.91 Å². The Morgan fingerprint density at radius 1 is 1.41 bits per heavy atom. The average molecular weight is 267 g/mol. The standard InChI is InChI=1S/C9H21N3O4S/c1-8(2)12(3)17(14,15)11-7-9(13)10-5-6-16-4/h8,11H,5-7H2,1-4H3,(H,10,13). The van der Waals surface area contributed by atoms with Crippen LogP contribution in [0.15, 0.2) is 0 Å². The molecule has 1 amide bonds. The highest BCUT2D eigenvalue weighted by Crippen LogP contribution is 1.99. The van der Waals surface area contributed by atoms with Crippen LogP contribution in [0.5, 0.6) is 0 Å². The zero-order valence-corrected chi connectivity index (χ0v) is 11.5. The number of rotatable bonds is 8. The second-order valence-electron chi connectivity index (χ2n) is 3.78. The lowest BCUT2D eigenvalue weighted by Gasteiger charge is -2.20. The SMILES string of the molecule is COCCNC(=O)CNS(=O)(=O)N(C)C(C)C. The molecule has 8 heteroatoms. The number of nitrogens with one attached hydrogen (secondary N) is 2. The Kier molecular flexibility index (Phi) is 7.28. The van der Waals surface area contributed by atoms with E-state index in [1.165, 1.54) is 14.2 Å². The number of carbonyl (C=O) groups excluding carboxylic acids is 1. The highest BCUT2D eigenvalue weighted by atomic mass is 32.2. The number of nitrogens with zero attached hydrogens (tertiary/aromatic N) is 1. The Morgan fingerprint density at radius 2 is 2.00 bits per heavy atom. The van der Waals surface area contributed by atoms with Crippen LogP contribution in [-0.2, 0) is 19.7 Å². The molecule has 0 radical (unpaired) electrons. The lowest BCUT2D eigenvalue weighted by molar-refractivity contribution is -0.120. The average Bonchev–Trinajstić information content (AvgIpc) is 2.25. The molecule has 0 saturated heterocycles. The molecule has 0 fully saturated rings. The van der Waals surface area contributed by atoms with Crippen molar-refractivity contribution in [1.82, 2.24) is 14.3 Å². The van der Waals surface area contributed by atoms with Gasteiger partial charge in [-0.25, -0.2) is 0 Å². The van der Waals surface area contributed by atoms with Gasteiger partial charge in [-0.1, -0.05) is 0 Å². The van der Waals surface area contributed by atoms with Crippen molar-refractivity contribution in [2.24, 2.45) is 0 Å². The summed E-state index contributed by atoms with van der Waals surface area (Å²) in [5.74, 6) is -0.386. The van der Waals surface area contributed by atoms with E-state index in [2.05, 4.69) is 10.0 Å². The molecule has 0 aliphatic rings. The molecule has 7 nitrogen and oxygen atoms in total. The van der Waals surface area contributed by atoms with E-state index in [9.17, 15) is 13.2 Å². The van der Waals surface area contributed by atoms with Gasteiger partial charge in [-0.05, 0) is 13.8 Å². The van der Waals surface area contributed by atoms with E-state index < -0.39 is 10.2 Å². The molecule has 2 N–H and O–H groups in total. The van der Waals surface area contributed by atoms with Gasteiger partial charge >= 0.3 is 0 Å². The molecule has 0 heterocycles. The Labute approximate surface area is 103 Å². The van der Waals surface area contributed by atoms with Crippen molar-refractivity contribution in [3.05, 3.63) is 0 Å². The van der Waals surface area contributed by atoms with Crippen LogP contribution < -0.4 is 10.0 Å². The molecule has 0 spiro atoms. The van der Waals surface area contributed by atoms with Crippen LogP contribution in [0.25, 0.3) is 0 Å². The minimum Gasteiger partial charge on any atom is -0.383 e. The maximum atomic E-state index is 11.6. The van der Waals surface area contributed by atoms with Crippen molar-refractivity contribution in [2.75, 3.05) is 33.9 Å². The second kappa shape index (κ2) is 7.59. The van der Waals surface area contributed by atoms with Gasteiger partial charge in [0.25, 0.3) is 10.2 Å². The van der Waals surface area contributed by atoms with E-state index in [0.717, 1.165) is 4.31 Å². The van der Waals surface area contributed by atoms with E-state index in [0.29, 0.717) is 13.2 Å². The van der Waals surface area contributed by atoms with E-state index in [-0.39, 0.29) is 18.5 Å². The quantitative estimate of drug-likeness (QED) is 0.548. The predicted octanol–water partition coefficient (Wildman–Crippen LogP) is -1.08. The molecule has 0 unspecified atom stereocenters. The van der Waals surface area contributed by atoms with Gasteiger partial charge in [-0.15, -0.1) is 0 Å². The molecule has 0 bridgehead atoms. The molecule has 102 valence electrons. The third kappa shape index (κ3) is 6.57. The zero-order chi connectivity index (χ0) is 13.5. The summed E-state index contributed by atoms with van der Waals surface area (Å²) in [5.41, 5.74) is 0. The fourth-order valence-electron chi connectivity index (χ4n) is 0.891. The van der Waals surface area contributed by atoms with Gasteiger partial charge in [0, 0.05) is 26.7 Å². The molecule has 0 saturated carbocycles. The number of hydrogen-bond acceptors (Lipinski definition) is 4. The zero-order valence-electron chi connectivity index (χ0n) is 10.7. The minimum absolute atomic E-state index is 0.163. The smallest absolute Gasteiger partial charge is 0.279 e. The highest BCUT2D eigenvalue weighted by Gasteiger charge is 2.20. The maximum absolute atomic E-state index is 11.6. The van der Waals surface area contributed by atoms with Gasteiger partial charge in [0.05, 0.1) is 13.2 Å². The van der Waals surface area contributed by atoms with Crippen LogP contribution in [0, 0.1) is 0 Å². The lowest BCUT2D eigenvalue weighted by atomic mass is 10.4. The largest absolute Gasteiger partial charge is 0.383 e. The third-order valence-corrected chi connectivity index (χ3v) is 3.84. The number of amides is 1. The lowest BCUT2D eigenvalue weighted by Crippen LogP contribution is -2.46. The summed E-state index contributed by atoms with van der Waals surface area (Å²) >= 11 is 0. The minimum atomic E-state index is -3.59. The van der Waals surface area contributed by atoms with Crippen LogP contribution in [0.1, 0.15) is 13.8 Å². The maximum Gasteiger partial charge on any atom is 0.279 e. The molecular weight excluding hydrogens is 246 g/mol. The summed E-state index contributed by atoms with van der Waals surface area (Å²) in [6.45, 7) is 3.97. The topological polar surface area (TPSA) is 87.7 Å². The van der Waals surface area contributed by atoms with E-state index in [4.69, 9.17) is 4.74 Å². The normalized spacial score (nSPS) is 12.1. The second-order valence-corrected chi connectivity index (χ2v) is 5.59. The monoisotopic (exact) mass is 267 g/mol. The van der Waals surface area contributed by atoms with Crippen molar-refractivity contribution in [2.45, 2.75) is 19.9 Å². The van der Waals surface area contributed by atoms with Gasteiger partial charge in [-0.2, -0.15) is 17.4 Å². The third-order valence-electron chi connectivity index (χ3n) is 2.15. The van der Waals surface area contributed by atoms with Gasteiger partial charge in [-0.3, -0.25) is 4.79 Å². The number of hydrogen-bond donors (Lipinski definition) is 2. The van der Waals surface area contributed by atoms with Crippen molar-refractivity contribution in [3.8, 4) is 0 Å². The summed E-state index contributed by atoms with van der Waals surface area (Å²) < 4.78 is 31.4. The van der Waals surface area contributed by atoms with Crippen LogP contribution >= 0.6 is 0 Å². The van der Waals surface area contributed by atoms with E-state index >= 15 is 0 Å². The van der Waals surface area contributed by atoms with Crippen molar-refractivity contribution in [1.29, 1.82) is 0 Å². The van der Waals surface area contributed by atoms with Crippen molar-refractivity contribution in [3.63, 3.8) is 0 Å². The van der Waals surface area contributed by atoms with Crippen molar-refractivity contribution < 1.29 is 17.9 Å². The molecule has 0 aliphatic carbocycles. The van der Waals surface area contributed by atoms with Gasteiger partial charge in [0.1, 0.15) is 0 Å². The molecule has 0 rings (SSSR count). The first kappa shape index (κ1) is 16.3. The van der Waals surface area contributed by atoms with E-state index in [1.54, 1.807) is 13.8 Å². The van der Waals surface area contributed by atoms with Crippen LogP contribution in [0.2, 0.25) is 0 Å². The summed E-state index contributed by atoms with van der Waals surface area (Å²) in [7, 11) is -0.619. The Morgan fingerprint density at radius 3 is 2.47 bits per heavy atom. The van der Waals surface area contributed by atoms with E-state index in [1.807, 2.05) is 0 Å². The predicted molar refractivity (Wildman–Crippen MR) is 64.7 cm³/mol. The van der Waals surface area contributed by atoms with Crippen LogP contribution in [0.3, 0.4) is 0 Å². The molecule has 0 aromatic carbocycles. The Bertz CT molecular complexity index is 329. The van der Waals surface area contributed by atoms with Crippen LogP contribution in [-0.4, -0.2) is 58.5 Å². The number of carbonyl (C=O) groups is 1. The molecular formula is C9H21N3O4S. The first-order valence-corrected chi connectivity index (χ1v) is 6.73. The molecule has 0 atom stereocenters. The summed E-state index contributed by atoms with van der Waals surface area (Å²) in [6.07, 6.45) is 0. The number of ether oxygens (including phenoxy) is 1. The number of methoxy groups -OCH3 is 1.